The monoisotopic (exact) mass is 853 g/mol. The molecule has 0 aliphatic carbocycles. The van der Waals surface area contributed by atoms with E-state index in [0.717, 1.165) is 4.57 Å². The SMILES string of the molecule is Nc1ccn([C@H]2C[C@H](OP(=O)(O)OC[C@H]3O[C@@H](n4cnc5c(N)ncnc54)C[C@@H]3O)[C@@H](COP(=O)(O)O[C@H]3C[C@H](n4cnc5c(N)ncnc54)O[C@@H]3CO)O2)c(=O)n1. The zero-order valence-corrected chi connectivity index (χ0v) is 31.7. The number of nitrogens with zero attached hydrogens (tertiary/aromatic N) is 10. The fourth-order valence-corrected chi connectivity index (χ4v) is 8.78. The summed E-state index contributed by atoms with van der Waals surface area (Å²) >= 11 is 0. The minimum absolute atomic E-state index is 0.0441. The van der Waals surface area contributed by atoms with Gasteiger partial charge in [-0.05, 0) is 6.07 Å². The number of ether oxygens (including phenoxy) is 3. The molecule has 58 heavy (non-hydrogen) atoms. The van der Waals surface area contributed by atoms with Crippen LogP contribution in [0.5, 0.6) is 0 Å². The minimum atomic E-state index is -5.01. The fourth-order valence-electron chi connectivity index (χ4n) is 6.86. The first kappa shape index (κ1) is 40.2. The van der Waals surface area contributed by atoms with Crippen molar-refractivity contribution in [3.63, 3.8) is 0 Å². The largest absolute Gasteiger partial charge is 0.472 e. The van der Waals surface area contributed by atoms with Gasteiger partial charge in [0.15, 0.2) is 22.9 Å². The molecule has 0 spiro atoms. The lowest BCUT2D eigenvalue weighted by molar-refractivity contribution is -0.0609. The summed E-state index contributed by atoms with van der Waals surface area (Å²) < 4.78 is 69.8. The Morgan fingerprint density at radius 1 is 0.724 bits per heavy atom. The smallest absolute Gasteiger partial charge is 0.394 e. The molecule has 0 saturated carbocycles. The lowest BCUT2D eigenvalue weighted by atomic mass is 10.2. The van der Waals surface area contributed by atoms with Gasteiger partial charge >= 0.3 is 21.3 Å². The predicted molar refractivity (Wildman–Crippen MR) is 192 cm³/mol. The van der Waals surface area contributed by atoms with Crippen molar-refractivity contribution in [3.8, 4) is 0 Å². The third-order valence-corrected chi connectivity index (χ3v) is 11.7. The van der Waals surface area contributed by atoms with Gasteiger partial charge in [0.1, 0.15) is 78.7 Å². The second kappa shape index (κ2) is 15.9. The second-order valence-electron chi connectivity index (χ2n) is 13.4. The molecule has 5 aromatic heterocycles. The van der Waals surface area contributed by atoms with Gasteiger partial charge in [0.25, 0.3) is 0 Å². The summed E-state index contributed by atoms with van der Waals surface area (Å²) in [6.07, 6.45) is -3.83. The lowest BCUT2D eigenvalue weighted by Gasteiger charge is -2.24. The number of aliphatic hydroxyl groups is 2. The van der Waals surface area contributed by atoms with Gasteiger partial charge < -0.3 is 51.4 Å². The highest BCUT2D eigenvalue weighted by Crippen LogP contribution is 2.52. The molecule has 0 radical (unpaired) electrons. The number of rotatable bonds is 14. The Kier molecular flexibility index (Phi) is 11.0. The summed E-state index contributed by atoms with van der Waals surface area (Å²) in [6, 6.07) is 1.32. The maximum Gasteiger partial charge on any atom is 0.472 e. The standard InChI is InChI=1S/C29H37N13O14P2/c30-19-1-2-40(29(45)39-19)21-5-15(56-57(46,47)50-7-17-13(44)3-20(53-17)41-11-37-23-25(31)33-9-35-27(23)41)18(54-21)8-51-58(48,49)55-14-4-22(52-16(14)6-43)42-12-38-24-26(32)34-10-36-28(24)42/h1-2,9-18,20-22,43-44H,3-8H2,(H,46,47)(H,48,49)(H2,30,39,45)(H2,31,33,35)(H2,32,34,36)/t13-,14-,15-,16+,17+,18+,20+,21+,22+/m0/s1. The van der Waals surface area contributed by atoms with E-state index < -0.39 is 96.5 Å². The van der Waals surface area contributed by atoms with Crippen molar-refractivity contribution in [2.45, 2.75) is 74.6 Å². The van der Waals surface area contributed by atoms with Crippen LogP contribution in [0.15, 0.2) is 42.4 Å². The van der Waals surface area contributed by atoms with Crippen LogP contribution in [-0.4, -0.2) is 125 Å². The first-order chi connectivity index (χ1) is 27.7. The quantitative estimate of drug-likeness (QED) is 0.0651. The van der Waals surface area contributed by atoms with Crippen molar-refractivity contribution in [1.29, 1.82) is 0 Å². The van der Waals surface area contributed by atoms with E-state index in [1.807, 2.05) is 0 Å². The van der Waals surface area contributed by atoms with E-state index in [2.05, 4.69) is 34.9 Å². The van der Waals surface area contributed by atoms with E-state index in [4.69, 9.17) is 49.5 Å². The fraction of sp³-hybridized carbons (Fsp3) is 0.517. The number of hydrogen-bond acceptors (Lipinski definition) is 22. The highest BCUT2D eigenvalue weighted by molar-refractivity contribution is 7.47. The summed E-state index contributed by atoms with van der Waals surface area (Å²) in [6.45, 7) is -1.98. The number of phosphoric acid groups is 2. The van der Waals surface area contributed by atoms with E-state index in [1.165, 1.54) is 46.7 Å². The number of aromatic nitrogens is 10. The molecule has 29 heteroatoms. The maximum atomic E-state index is 13.3. The first-order valence-electron chi connectivity index (χ1n) is 17.5. The van der Waals surface area contributed by atoms with Crippen molar-refractivity contribution in [2.75, 3.05) is 37.0 Å². The third kappa shape index (κ3) is 8.17. The molecule has 8 rings (SSSR count). The molecule has 0 amide bonds. The molecule has 3 saturated heterocycles. The van der Waals surface area contributed by atoms with Crippen molar-refractivity contribution in [1.82, 2.24) is 48.6 Å². The number of anilines is 3. The second-order valence-corrected chi connectivity index (χ2v) is 16.2. The van der Waals surface area contributed by atoms with E-state index >= 15 is 0 Å². The van der Waals surface area contributed by atoms with Crippen LogP contribution in [0, 0.1) is 0 Å². The van der Waals surface area contributed by atoms with E-state index in [1.54, 1.807) is 0 Å². The van der Waals surface area contributed by atoms with Crippen molar-refractivity contribution >= 4 is 55.4 Å². The van der Waals surface area contributed by atoms with Crippen LogP contribution in [0.25, 0.3) is 22.3 Å². The van der Waals surface area contributed by atoms with Crippen molar-refractivity contribution in [2.24, 2.45) is 0 Å². The Labute approximate surface area is 324 Å². The minimum Gasteiger partial charge on any atom is -0.394 e. The van der Waals surface area contributed by atoms with Crippen molar-refractivity contribution in [3.05, 3.63) is 48.1 Å². The molecule has 3 fully saturated rings. The maximum absolute atomic E-state index is 13.3. The van der Waals surface area contributed by atoms with Gasteiger partial charge in [-0.1, -0.05) is 0 Å². The predicted octanol–water partition coefficient (Wildman–Crippen LogP) is -1.11. The number of phosphoric ester groups is 2. The Balaban J connectivity index is 0.924. The van der Waals surface area contributed by atoms with Gasteiger partial charge in [-0.25, -0.2) is 43.8 Å². The Hall–Kier alpha value is -4.60. The van der Waals surface area contributed by atoms with Gasteiger partial charge in [0.05, 0.1) is 38.6 Å². The highest BCUT2D eigenvalue weighted by Gasteiger charge is 2.46. The van der Waals surface area contributed by atoms with Crippen LogP contribution < -0.4 is 22.9 Å². The zero-order chi connectivity index (χ0) is 40.9. The molecule has 312 valence electrons. The van der Waals surface area contributed by atoms with Crippen molar-refractivity contribution < 1.29 is 61.4 Å². The van der Waals surface area contributed by atoms with Crippen LogP contribution in [0.1, 0.15) is 37.9 Å². The Morgan fingerprint density at radius 3 is 1.79 bits per heavy atom. The normalized spacial score (nSPS) is 29.6. The lowest BCUT2D eigenvalue weighted by Crippen LogP contribution is -2.31. The molecule has 3 aliphatic heterocycles. The molecule has 11 atom stereocenters. The molecule has 5 aromatic rings. The molecule has 0 bridgehead atoms. The highest BCUT2D eigenvalue weighted by atomic mass is 31.2. The zero-order valence-electron chi connectivity index (χ0n) is 29.9. The number of nitrogen functional groups attached to an aromatic ring is 3. The summed E-state index contributed by atoms with van der Waals surface area (Å²) in [7, 11) is -10.0. The Morgan fingerprint density at radius 2 is 1.22 bits per heavy atom. The first-order valence-corrected chi connectivity index (χ1v) is 20.4. The van der Waals surface area contributed by atoms with Gasteiger partial charge in [-0.3, -0.25) is 31.8 Å². The number of aliphatic hydroxyl groups excluding tert-OH is 2. The third-order valence-electron chi connectivity index (χ3n) is 9.64. The number of hydrogen-bond donors (Lipinski definition) is 7. The summed E-state index contributed by atoms with van der Waals surface area (Å²) in [5.41, 5.74) is 17.8. The van der Waals surface area contributed by atoms with Gasteiger partial charge in [0.2, 0.25) is 0 Å². The molecule has 0 aromatic carbocycles. The topological polar surface area (TPSA) is 380 Å². The molecule has 3 aliphatic rings. The molecular weight excluding hydrogens is 816 g/mol. The summed E-state index contributed by atoms with van der Waals surface area (Å²) in [4.78, 5) is 62.4. The number of imidazole rings is 2. The van der Waals surface area contributed by atoms with Gasteiger partial charge in [-0.2, -0.15) is 4.98 Å². The number of fused-ring (bicyclic) bond motifs is 2. The molecule has 10 N–H and O–H groups in total. The summed E-state index contributed by atoms with van der Waals surface area (Å²) in [5, 5.41) is 20.7. The van der Waals surface area contributed by atoms with E-state index in [0.29, 0.717) is 22.3 Å². The average molecular weight is 854 g/mol. The average Bonchev–Trinajstić information content (AvgIpc) is 4.01. The number of nitrogens with two attached hydrogens (primary N) is 3. The van der Waals surface area contributed by atoms with E-state index in [9.17, 15) is 33.9 Å². The molecule has 2 unspecified atom stereocenters. The van der Waals surface area contributed by atoms with E-state index in [-0.39, 0.29) is 36.7 Å². The molecule has 8 heterocycles. The van der Waals surface area contributed by atoms with Crippen LogP contribution >= 0.6 is 15.6 Å². The van der Waals surface area contributed by atoms with Crippen LogP contribution in [0.3, 0.4) is 0 Å². The van der Waals surface area contributed by atoms with Crippen LogP contribution in [-0.2, 0) is 41.4 Å². The molecule has 27 nitrogen and oxygen atoms in total. The molecular formula is C29H37N13O14P2. The van der Waals surface area contributed by atoms with Crippen LogP contribution in [0.4, 0.5) is 17.5 Å². The Bertz CT molecular complexity index is 2450. The summed E-state index contributed by atoms with van der Waals surface area (Å²) in [5.74, 6) is 0.193. The van der Waals surface area contributed by atoms with Gasteiger partial charge in [-0.15, -0.1) is 0 Å². The van der Waals surface area contributed by atoms with Crippen LogP contribution in [0.2, 0.25) is 0 Å². The van der Waals surface area contributed by atoms with Gasteiger partial charge in [0, 0.05) is 25.5 Å².